The maximum atomic E-state index is 13.1. The molecule has 0 radical (unpaired) electrons. The second-order valence-electron chi connectivity index (χ2n) is 8.89. The van der Waals surface area contributed by atoms with Gasteiger partial charge in [-0.1, -0.05) is 72.3 Å². The zero-order chi connectivity index (χ0) is 26.9. The molecule has 198 valence electrons. The fourth-order valence-corrected chi connectivity index (χ4v) is 4.56. The summed E-state index contributed by atoms with van der Waals surface area (Å²) < 4.78 is 11.9. The maximum Gasteiger partial charge on any atom is 1.00 e. The molecule has 1 saturated heterocycles. The van der Waals surface area contributed by atoms with Crippen LogP contribution in [0.2, 0.25) is 5.02 Å². The van der Waals surface area contributed by atoms with Crippen molar-refractivity contribution in [3.05, 3.63) is 101 Å². The number of amides is 2. The number of benzene rings is 3. The number of hydrogen-bond donors (Lipinski definition) is 1. The minimum absolute atomic E-state index is 0. The topological polar surface area (TPSA) is 108 Å². The zero-order valence-electron chi connectivity index (χ0n) is 21.7. The molecule has 0 bridgehead atoms. The minimum Gasteiger partial charge on any atom is -0.545 e. The van der Waals surface area contributed by atoms with E-state index in [0.717, 1.165) is 24.0 Å². The van der Waals surface area contributed by atoms with E-state index in [0.29, 0.717) is 13.0 Å². The monoisotopic (exact) mass is 558 g/mol. The van der Waals surface area contributed by atoms with Crippen LogP contribution >= 0.6 is 11.6 Å². The van der Waals surface area contributed by atoms with Crippen molar-refractivity contribution in [3.63, 3.8) is 0 Å². The molecule has 1 aliphatic heterocycles. The van der Waals surface area contributed by atoms with E-state index in [4.69, 9.17) is 21.1 Å². The molecule has 1 N–H and O–H groups in total. The van der Waals surface area contributed by atoms with E-state index >= 15 is 0 Å². The molecule has 4 rings (SSSR count). The second-order valence-corrected chi connectivity index (χ2v) is 9.33. The molecule has 8 nitrogen and oxygen atoms in total. The third-order valence-corrected chi connectivity index (χ3v) is 6.44. The second kappa shape index (κ2) is 15.2. The number of hydrogen-bond acceptors (Lipinski definition) is 6. The molecule has 1 fully saturated rings. The number of halogens is 1. The Bertz CT molecular complexity index is 1220. The number of anilines is 1. The Morgan fingerprint density at radius 3 is 2.21 bits per heavy atom. The van der Waals surface area contributed by atoms with Gasteiger partial charge in [-0.3, -0.25) is 9.59 Å². The molecule has 1 atom stereocenters. The van der Waals surface area contributed by atoms with Crippen molar-refractivity contribution in [1.82, 2.24) is 4.90 Å². The normalized spacial score (nSPS) is 14.9. The molecular formula is C29H28ClN2NaO6. The summed E-state index contributed by atoms with van der Waals surface area (Å²) in [6, 6.07) is 23.7. The summed E-state index contributed by atoms with van der Waals surface area (Å²) in [7, 11) is 0. The molecule has 2 amide bonds. The maximum absolute atomic E-state index is 13.1. The van der Waals surface area contributed by atoms with Crippen molar-refractivity contribution in [2.24, 2.45) is 0 Å². The Morgan fingerprint density at radius 1 is 0.949 bits per heavy atom. The summed E-state index contributed by atoms with van der Waals surface area (Å²) in [6.07, 6.45) is 1.66. The van der Waals surface area contributed by atoms with E-state index in [9.17, 15) is 19.5 Å². The van der Waals surface area contributed by atoms with Crippen molar-refractivity contribution in [1.29, 1.82) is 0 Å². The number of ether oxygens (including phenoxy) is 2. The predicted molar refractivity (Wildman–Crippen MR) is 140 cm³/mol. The molecule has 39 heavy (non-hydrogen) atoms. The van der Waals surface area contributed by atoms with Crippen molar-refractivity contribution in [2.45, 2.75) is 31.6 Å². The number of carboxylic acid groups (broad SMARTS) is 1. The zero-order valence-corrected chi connectivity index (χ0v) is 24.4. The van der Waals surface area contributed by atoms with Gasteiger partial charge >= 0.3 is 29.6 Å². The van der Waals surface area contributed by atoms with Gasteiger partial charge in [0, 0.05) is 22.8 Å². The van der Waals surface area contributed by atoms with Gasteiger partial charge in [0.05, 0.1) is 5.97 Å². The van der Waals surface area contributed by atoms with Gasteiger partial charge in [-0.15, -0.1) is 0 Å². The van der Waals surface area contributed by atoms with Gasteiger partial charge in [0.2, 0.25) is 5.91 Å². The Morgan fingerprint density at radius 2 is 1.59 bits per heavy atom. The number of rotatable bonds is 10. The molecule has 3 aromatic rings. The predicted octanol–water partition coefficient (Wildman–Crippen LogP) is 0.807. The average Bonchev–Trinajstić information content (AvgIpc) is 2.93. The fraction of sp³-hybridized carbons (Fsp3) is 0.276. The summed E-state index contributed by atoms with van der Waals surface area (Å²) in [6.45, 7) is -0.228. The molecule has 0 spiro atoms. The van der Waals surface area contributed by atoms with Gasteiger partial charge in [-0.25, -0.2) is 0 Å². The van der Waals surface area contributed by atoms with Crippen LogP contribution in [0.25, 0.3) is 0 Å². The van der Waals surface area contributed by atoms with Gasteiger partial charge in [0.25, 0.3) is 5.91 Å². The minimum atomic E-state index is -1.47. The molecule has 1 aliphatic rings. The largest absolute Gasteiger partial charge is 1.00 e. The standard InChI is InChI=1S/C29H29ClN2O6.Na/c30-22-14-15-24(23(17-22)29(35)36)31-25(33)18-37-19-26(34)32-16-8-7-13-27(32)38-28(20-9-3-1-4-10-20)21-11-5-2-6-12-21;/h1-6,9-12,14-15,17,27-28H,7-8,13,16,18-19H2,(H,31,33)(H,35,36);/q;+1/p-1. The molecular weight excluding hydrogens is 531 g/mol. The third-order valence-electron chi connectivity index (χ3n) is 6.20. The van der Waals surface area contributed by atoms with Gasteiger partial charge in [-0.05, 0) is 48.6 Å². The Kier molecular flexibility index (Phi) is 12.0. The molecule has 3 aromatic carbocycles. The van der Waals surface area contributed by atoms with Crippen molar-refractivity contribution >= 4 is 35.1 Å². The Labute approximate surface area is 254 Å². The fourth-order valence-electron chi connectivity index (χ4n) is 4.38. The van der Waals surface area contributed by atoms with Crippen LogP contribution in [-0.2, 0) is 19.1 Å². The number of nitrogens with one attached hydrogen (secondary N) is 1. The number of nitrogens with zero attached hydrogens (tertiary/aromatic N) is 1. The number of likely N-dealkylation sites (tertiary alicyclic amines) is 1. The quantitative estimate of drug-likeness (QED) is 0.369. The van der Waals surface area contributed by atoms with Gasteiger partial charge in [0.1, 0.15) is 25.5 Å². The number of carbonyl (C=O) groups excluding carboxylic acids is 3. The molecule has 1 unspecified atom stereocenters. The number of carboxylic acids is 1. The SMILES string of the molecule is O=C(COCC(=O)N1CCCCC1OC(c1ccccc1)c1ccccc1)Nc1ccc(Cl)cc1C(=O)[O-].[Na+]. The van der Waals surface area contributed by atoms with E-state index in [1.54, 1.807) is 4.90 Å². The Balaban J connectivity index is 0.00000420. The van der Waals surface area contributed by atoms with Crippen LogP contribution in [0.4, 0.5) is 5.69 Å². The van der Waals surface area contributed by atoms with E-state index in [1.165, 1.54) is 18.2 Å². The average molecular weight is 559 g/mol. The smallest absolute Gasteiger partial charge is 0.545 e. The van der Waals surface area contributed by atoms with Crippen molar-refractivity contribution < 1.29 is 58.5 Å². The van der Waals surface area contributed by atoms with Crippen LogP contribution in [0.5, 0.6) is 0 Å². The van der Waals surface area contributed by atoms with Crippen LogP contribution in [0.15, 0.2) is 78.9 Å². The molecule has 0 aromatic heterocycles. The number of piperidine rings is 1. The van der Waals surface area contributed by atoms with Gasteiger partial charge < -0.3 is 29.6 Å². The molecule has 1 heterocycles. The summed E-state index contributed by atoms with van der Waals surface area (Å²) in [5.74, 6) is -2.37. The van der Waals surface area contributed by atoms with E-state index in [1.807, 2.05) is 60.7 Å². The number of aromatic carboxylic acids is 1. The van der Waals surface area contributed by atoms with E-state index in [2.05, 4.69) is 5.32 Å². The molecule has 10 heteroatoms. The van der Waals surface area contributed by atoms with Gasteiger partial charge in [0.15, 0.2) is 0 Å². The van der Waals surface area contributed by atoms with Crippen LogP contribution in [0, 0.1) is 0 Å². The van der Waals surface area contributed by atoms with Crippen LogP contribution in [-0.4, -0.2) is 48.7 Å². The van der Waals surface area contributed by atoms with Crippen LogP contribution in [0.3, 0.4) is 0 Å². The van der Waals surface area contributed by atoms with Crippen molar-refractivity contribution in [3.8, 4) is 0 Å². The van der Waals surface area contributed by atoms with Crippen LogP contribution < -0.4 is 40.0 Å². The Hall–Kier alpha value is -2.72. The van der Waals surface area contributed by atoms with Gasteiger partial charge in [-0.2, -0.15) is 0 Å². The third kappa shape index (κ3) is 8.63. The number of carbonyl (C=O) groups is 3. The molecule has 0 saturated carbocycles. The van der Waals surface area contributed by atoms with E-state index in [-0.39, 0.29) is 64.4 Å². The first-order chi connectivity index (χ1) is 18.4. The molecule has 0 aliphatic carbocycles. The summed E-state index contributed by atoms with van der Waals surface area (Å²) in [5, 5.41) is 14.0. The van der Waals surface area contributed by atoms with Crippen LogP contribution in [0.1, 0.15) is 46.9 Å². The first-order valence-corrected chi connectivity index (χ1v) is 12.7. The first-order valence-electron chi connectivity index (χ1n) is 12.4. The first kappa shape index (κ1) is 30.8. The summed E-state index contributed by atoms with van der Waals surface area (Å²) >= 11 is 5.82. The van der Waals surface area contributed by atoms with E-state index < -0.39 is 24.7 Å². The summed E-state index contributed by atoms with van der Waals surface area (Å²) in [5.41, 5.74) is 1.76. The summed E-state index contributed by atoms with van der Waals surface area (Å²) in [4.78, 5) is 38.4. The van der Waals surface area contributed by atoms with Crippen molar-refractivity contribution in [2.75, 3.05) is 25.1 Å².